The van der Waals surface area contributed by atoms with E-state index in [-0.39, 0.29) is 0 Å². The number of nitrogens with zero attached hydrogens (tertiary/aromatic N) is 1. The molecular formula is C22H27FN2O. The highest BCUT2D eigenvalue weighted by atomic mass is 19.2. The summed E-state index contributed by atoms with van der Waals surface area (Å²) in [6.07, 6.45) is 12.0. The third kappa shape index (κ3) is 4.70. The molecule has 1 aromatic carbocycles. The summed E-state index contributed by atoms with van der Waals surface area (Å²) in [6.45, 7) is 0.453. The maximum absolute atomic E-state index is 11.9. The van der Waals surface area contributed by atoms with Crippen LogP contribution < -0.4 is 20.8 Å². The fraction of sp³-hybridized carbons (Fsp3) is 0.409. The molecule has 3 rings (SSSR count). The summed E-state index contributed by atoms with van der Waals surface area (Å²) < 4.78 is 17.2. The Morgan fingerprint density at radius 1 is 1.04 bits per heavy atom. The van der Waals surface area contributed by atoms with Gasteiger partial charge in [-0.05, 0) is 73.2 Å². The van der Waals surface area contributed by atoms with Crippen LogP contribution in [0.15, 0.2) is 30.3 Å². The number of benzene rings is 1. The Hall–Kier alpha value is -2.20. The third-order valence-corrected chi connectivity index (χ3v) is 4.88. The first-order valence-electron chi connectivity index (χ1n) is 9.50. The third-order valence-electron chi connectivity index (χ3n) is 4.88. The van der Waals surface area contributed by atoms with Crippen molar-refractivity contribution in [3.05, 3.63) is 46.5 Å². The van der Waals surface area contributed by atoms with Crippen LogP contribution in [0.3, 0.4) is 0 Å². The van der Waals surface area contributed by atoms with E-state index in [1.54, 1.807) is 12.6 Å². The predicted molar refractivity (Wildman–Crippen MR) is 105 cm³/mol. The molecule has 1 aliphatic carbocycles. The van der Waals surface area contributed by atoms with Gasteiger partial charge in [0.25, 0.3) is 0 Å². The van der Waals surface area contributed by atoms with Crippen LogP contribution in [0.5, 0.6) is 5.75 Å². The van der Waals surface area contributed by atoms with E-state index in [0.29, 0.717) is 6.54 Å². The topological polar surface area (TPSA) is 34.1 Å². The van der Waals surface area contributed by atoms with Gasteiger partial charge in [0.15, 0.2) is 0 Å². The van der Waals surface area contributed by atoms with E-state index in [2.05, 4.69) is 30.4 Å². The summed E-state index contributed by atoms with van der Waals surface area (Å²) in [6, 6.07) is 10.3. The zero-order chi connectivity index (χ0) is 18.2. The van der Waals surface area contributed by atoms with E-state index in [1.165, 1.54) is 10.8 Å². The first-order valence-corrected chi connectivity index (χ1v) is 9.50. The maximum atomic E-state index is 11.9. The highest BCUT2D eigenvalue weighted by molar-refractivity contribution is 5.61. The molecule has 4 heteroatoms. The molecule has 138 valence electrons. The van der Waals surface area contributed by atoms with Gasteiger partial charge in [0.2, 0.25) is 0 Å². The van der Waals surface area contributed by atoms with Crippen molar-refractivity contribution >= 4 is 12.2 Å². The molecule has 1 aliphatic rings. The lowest BCUT2D eigenvalue weighted by Crippen LogP contribution is -2.34. The predicted octanol–water partition coefficient (Wildman–Crippen LogP) is 3.69. The number of methoxy groups -OCH3 is 1. The van der Waals surface area contributed by atoms with E-state index in [1.807, 2.05) is 12.1 Å². The number of hydrogen-bond donors (Lipinski definition) is 1. The first-order chi connectivity index (χ1) is 12.8. The SMILES string of the molecule is COc1ccc(-c2cc(CCCCCCNF)c3c(n2)=CCCC=3)cc1. The lowest BCUT2D eigenvalue weighted by atomic mass is 9.99. The van der Waals surface area contributed by atoms with Gasteiger partial charge in [-0.3, -0.25) is 0 Å². The van der Waals surface area contributed by atoms with Gasteiger partial charge >= 0.3 is 0 Å². The standard InChI is InChI=1S/C22H27FN2O/c1-26-19-13-11-17(12-14-19)22-16-18(8-4-2-3-7-15-24-23)20-9-5-6-10-21(20)25-22/h9-14,16,24H,2-8,15H2,1H3. The second-order valence-electron chi connectivity index (χ2n) is 6.73. The second kappa shape index (κ2) is 9.48. The number of ether oxygens (including phenoxy) is 1. The summed E-state index contributed by atoms with van der Waals surface area (Å²) in [5.74, 6) is 0.856. The minimum atomic E-state index is 0.453. The van der Waals surface area contributed by atoms with Crippen molar-refractivity contribution in [2.45, 2.75) is 44.9 Å². The van der Waals surface area contributed by atoms with Crippen LogP contribution in [0.2, 0.25) is 0 Å². The van der Waals surface area contributed by atoms with E-state index in [4.69, 9.17) is 9.72 Å². The molecule has 1 heterocycles. The van der Waals surface area contributed by atoms with Gasteiger partial charge < -0.3 is 4.74 Å². The quantitative estimate of drug-likeness (QED) is 0.551. The average Bonchev–Trinajstić information content (AvgIpc) is 2.70. The zero-order valence-corrected chi connectivity index (χ0v) is 15.4. The molecule has 1 N–H and O–H groups in total. The summed E-state index contributed by atoms with van der Waals surface area (Å²) in [7, 11) is 1.68. The van der Waals surface area contributed by atoms with Crippen LogP contribution in [-0.4, -0.2) is 18.6 Å². The zero-order valence-electron chi connectivity index (χ0n) is 15.4. The lowest BCUT2D eigenvalue weighted by molar-refractivity contribution is 0.328. The Bertz CT molecular complexity index is 830. The van der Waals surface area contributed by atoms with Crippen LogP contribution in [0.4, 0.5) is 4.48 Å². The van der Waals surface area contributed by atoms with Crippen molar-refractivity contribution in [1.29, 1.82) is 0 Å². The summed E-state index contributed by atoms with van der Waals surface area (Å²) in [5.41, 5.74) is 5.24. The van der Waals surface area contributed by atoms with Crippen LogP contribution in [0.1, 0.15) is 44.1 Å². The summed E-state index contributed by atoms with van der Waals surface area (Å²) >= 11 is 0. The maximum Gasteiger partial charge on any atom is 0.118 e. The number of aromatic nitrogens is 1. The van der Waals surface area contributed by atoms with Crippen LogP contribution in [0, 0.1) is 0 Å². The number of fused-ring (bicyclic) bond motifs is 1. The number of aryl methyl sites for hydroxylation is 1. The molecule has 0 unspecified atom stereocenters. The second-order valence-corrected chi connectivity index (χ2v) is 6.73. The molecule has 0 fully saturated rings. The molecule has 0 amide bonds. The Morgan fingerprint density at radius 3 is 2.58 bits per heavy atom. The van der Waals surface area contributed by atoms with Gasteiger partial charge in [-0.2, -0.15) is 5.54 Å². The minimum Gasteiger partial charge on any atom is -0.497 e. The molecule has 0 saturated heterocycles. The number of pyridine rings is 1. The Kier molecular flexibility index (Phi) is 6.78. The first kappa shape index (κ1) is 18.6. The fourth-order valence-electron chi connectivity index (χ4n) is 3.45. The van der Waals surface area contributed by atoms with Crippen molar-refractivity contribution in [3.8, 4) is 17.0 Å². The van der Waals surface area contributed by atoms with E-state index >= 15 is 0 Å². The Morgan fingerprint density at radius 2 is 1.81 bits per heavy atom. The molecule has 3 nitrogen and oxygen atoms in total. The average molecular weight is 354 g/mol. The summed E-state index contributed by atoms with van der Waals surface area (Å²) in [4.78, 5) is 4.89. The van der Waals surface area contributed by atoms with Crippen molar-refractivity contribution in [2.75, 3.05) is 13.7 Å². The highest BCUT2D eigenvalue weighted by Crippen LogP contribution is 2.20. The molecule has 0 spiro atoms. The van der Waals surface area contributed by atoms with E-state index in [9.17, 15) is 4.48 Å². The van der Waals surface area contributed by atoms with Crippen molar-refractivity contribution < 1.29 is 9.22 Å². The normalized spacial score (nSPS) is 12.8. The Balaban J connectivity index is 1.81. The van der Waals surface area contributed by atoms with E-state index in [0.717, 1.165) is 67.3 Å². The van der Waals surface area contributed by atoms with Gasteiger partial charge in [0.05, 0.1) is 18.2 Å². The fourth-order valence-corrected chi connectivity index (χ4v) is 3.45. The smallest absolute Gasteiger partial charge is 0.118 e. The molecule has 2 aromatic rings. The van der Waals surface area contributed by atoms with Crippen molar-refractivity contribution in [3.63, 3.8) is 0 Å². The summed E-state index contributed by atoms with van der Waals surface area (Å²) in [5, 5.41) is 2.42. The molecule has 26 heavy (non-hydrogen) atoms. The van der Waals surface area contributed by atoms with Crippen LogP contribution >= 0.6 is 0 Å². The molecule has 0 atom stereocenters. The number of hydrogen-bond acceptors (Lipinski definition) is 3. The van der Waals surface area contributed by atoms with Crippen molar-refractivity contribution in [1.82, 2.24) is 10.5 Å². The van der Waals surface area contributed by atoms with Gasteiger partial charge in [-0.1, -0.05) is 25.0 Å². The van der Waals surface area contributed by atoms with Crippen molar-refractivity contribution in [2.24, 2.45) is 0 Å². The number of unbranched alkanes of at least 4 members (excludes halogenated alkanes) is 3. The van der Waals surface area contributed by atoms with Gasteiger partial charge in [-0.25, -0.2) is 4.98 Å². The molecule has 0 radical (unpaired) electrons. The number of nitrogens with one attached hydrogen (secondary N) is 1. The van der Waals surface area contributed by atoms with Gasteiger partial charge in [0.1, 0.15) is 5.75 Å². The van der Waals surface area contributed by atoms with Gasteiger partial charge in [-0.15, -0.1) is 4.48 Å². The number of halogens is 1. The molecule has 0 aliphatic heterocycles. The molecule has 0 bridgehead atoms. The largest absolute Gasteiger partial charge is 0.497 e. The van der Waals surface area contributed by atoms with E-state index < -0.39 is 0 Å². The van der Waals surface area contributed by atoms with Gasteiger partial charge in [0, 0.05) is 12.1 Å². The molecular weight excluding hydrogens is 327 g/mol. The monoisotopic (exact) mass is 354 g/mol. The highest BCUT2D eigenvalue weighted by Gasteiger charge is 2.08. The molecule has 1 aromatic heterocycles. The minimum absolute atomic E-state index is 0.453. The lowest BCUT2D eigenvalue weighted by Gasteiger charge is -2.11. The Labute approximate surface area is 154 Å². The van der Waals surface area contributed by atoms with Crippen LogP contribution in [0.25, 0.3) is 23.4 Å². The number of rotatable bonds is 9. The van der Waals surface area contributed by atoms with Crippen LogP contribution in [-0.2, 0) is 6.42 Å². The molecule has 0 saturated carbocycles.